The van der Waals surface area contributed by atoms with Gasteiger partial charge in [-0.1, -0.05) is 6.07 Å². The van der Waals surface area contributed by atoms with E-state index in [0.29, 0.717) is 17.1 Å². The van der Waals surface area contributed by atoms with Gasteiger partial charge in [0.2, 0.25) is 5.91 Å². The topological polar surface area (TPSA) is 104 Å². The number of ether oxygens (including phenoxy) is 3. The summed E-state index contributed by atoms with van der Waals surface area (Å²) in [7, 11) is 2.72. The van der Waals surface area contributed by atoms with Crippen molar-refractivity contribution >= 4 is 30.0 Å². The summed E-state index contributed by atoms with van der Waals surface area (Å²) in [5.41, 5.74) is 0.669. The van der Waals surface area contributed by atoms with E-state index in [-0.39, 0.29) is 24.6 Å². The Balaban J connectivity index is 1.84. The molecule has 0 bridgehead atoms. The summed E-state index contributed by atoms with van der Waals surface area (Å²) in [5, 5.41) is 2.58. The van der Waals surface area contributed by atoms with Gasteiger partial charge < -0.3 is 23.9 Å². The largest absolute Gasteiger partial charge is 0.493 e. The van der Waals surface area contributed by atoms with E-state index >= 15 is 0 Å². The molecule has 0 atom stereocenters. The number of amides is 1. The lowest BCUT2D eigenvalue weighted by Crippen LogP contribution is -2.25. The molecule has 1 N–H and O–H groups in total. The Morgan fingerprint density at radius 3 is 2.59 bits per heavy atom. The van der Waals surface area contributed by atoms with Crippen molar-refractivity contribution in [3.05, 3.63) is 60.1 Å². The maximum absolute atomic E-state index is 12.0. The number of hydrogen-bond acceptors (Lipinski definition) is 7. The standard InChI is InChI=1S/C21H21NO7/c1-26-18-14-15(6-10-20(24)27-2)5-8-17(18)29-21(25)11-12-22-19(23)9-7-16-4-3-13-28-16/h3-10,13-14H,11-12H2,1-2H3,(H,22,23)/b9-7+,10-6+. The lowest BCUT2D eigenvalue weighted by atomic mass is 10.2. The Morgan fingerprint density at radius 1 is 1.07 bits per heavy atom. The van der Waals surface area contributed by atoms with E-state index < -0.39 is 11.9 Å². The fraction of sp³-hybridized carbons (Fsp3) is 0.190. The summed E-state index contributed by atoms with van der Waals surface area (Å²) in [4.78, 5) is 34.9. The number of nitrogens with one attached hydrogen (secondary N) is 1. The van der Waals surface area contributed by atoms with Gasteiger partial charge in [-0.05, 0) is 42.0 Å². The Hall–Kier alpha value is -3.81. The number of rotatable bonds is 9. The molecule has 0 fully saturated rings. The second-order valence-electron chi connectivity index (χ2n) is 5.63. The van der Waals surface area contributed by atoms with Crippen LogP contribution in [0.25, 0.3) is 12.2 Å². The van der Waals surface area contributed by atoms with E-state index in [1.54, 1.807) is 36.4 Å². The second kappa shape index (κ2) is 11.1. The van der Waals surface area contributed by atoms with Crippen LogP contribution in [0.3, 0.4) is 0 Å². The van der Waals surface area contributed by atoms with E-state index in [1.807, 2.05) is 0 Å². The first-order chi connectivity index (χ1) is 14.0. The van der Waals surface area contributed by atoms with Crippen LogP contribution < -0.4 is 14.8 Å². The minimum absolute atomic E-state index is 0.0204. The van der Waals surface area contributed by atoms with Crippen LogP contribution in [0.4, 0.5) is 0 Å². The van der Waals surface area contributed by atoms with E-state index in [2.05, 4.69) is 10.1 Å². The van der Waals surface area contributed by atoms with E-state index in [1.165, 1.54) is 38.7 Å². The lowest BCUT2D eigenvalue weighted by Gasteiger charge is -2.10. The zero-order valence-electron chi connectivity index (χ0n) is 16.0. The third-order valence-electron chi connectivity index (χ3n) is 3.60. The quantitative estimate of drug-likeness (QED) is 0.393. The monoisotopic (exact) mass is 399 g/mol. The maximum atomic E-state index is 12.0. The average molecular weight is 399 g/mol. The summed E-state index contributed by atoms with van der Waals surface area (Å²) in [6.45, 7) is 0.114. The number of benzene rings is 1. The van der Waals surface area contributed by atoms with Crippen molar-refractivity contribution < 1.29 is 33.0 Å². The predicted octanol–water partition coefficient (Wildman–Crippen LogP) is 2.60. The molecule has 8 heteroatoms. The molecule has 2 aromatic rings. The number of carbonyl (C=O) groups excluding carboxylic acids is 3. The molecule has 0 spiro atoms. The van der Waals surface area contributed by atoms with Crippen LogP contribution in [0, 0.1) is 0 Å². The van der Waals surface area contributed by atoms with Gasteiger partial charge in [0.15, 0.2) is 11.5 Å². The predicted molar refractivity (Wildman–Crippen MR) is 105 cm³/mol. The summed E-state index contributed by atoms with van der Waals surface area (Å²) >= 11 is 0. The third-order valence-corrected chi connectivity index (χ3v) is 3.60. The molecule has 29 heavy (non-hydrogen) atoms. The van der Waals surface area contributed by atoms with Crippen molar-refractivity contribution in [3.63, 3.8) is 0 Å². The molecule has 1 aromatic carbocycles. The Morgan fingerprint density at radius 2 is 1.90 bits per heavy atom. The van der Waals surface area contributed by atoms with Crippen molar-refractivity contribution in [1.29, 1.82) is 0 Å². The van der Waals surface area contributed by atoms with Gasteiger partial charge in [0.1, 0.15) is 5.76 Å². The van der Waals surface area contributed by atoms with Crippen LogP contribution in [0.15, 0.2) is 53.2 Å². The first kappa shape index (κ1) is 21.5. The number of carbonyl (C=O) groups is 3. The van der Waals surface area contributed by atoms with Crippen molar-refractivity contribution in [2.45, 2.75) is 6.42 Å². The molecule has 0 aliphatic heterocycles. The molecule has 0 aliphatic carbocycles. The molecule has 1 heterocycles. The zero-order valence-corrected chi connectivity index (χ0v) is 16.0. The molecular formula is C21H21NO7. The van der Waals surface area contributed by atoms with Crippen molar-refractivity contribution in [3.8, 4) is 11.5 Å². The van der Waals surface area contributed by atoms with Gasteiger partial charge in [0.25, 0.3) is 0 Å². The maximum Gasteiger partial charge on any atom is 0.330 e. The number of esters is 2. The van der Waals surface area contributed by atoms with Gasteiger partial charge in [-0.15, -0.1) is 0 Å². The molecule has 1 amide bonds. The number of methoxy groups -OCH3 is 2. The summed E-state index contributed by atoms with van der Waals surface area (Å²) in [5.74, 6) is -0.255. The van der Waals surface area contributed by atoms with Crippen LogP contribution in [-0.2, 0) is 19.1 Å². The van der Waals surface area contributed by atoms with Crippen LogP contribution in [0.5, 0.6) is 11.5 Å². The first-order valence-electron chi connectivity index (χ1n) is 8.66. The second-order valence-corrected chi connectivity index (χ2v) is 5.63. The summed E-state index contributed by atoms with van der Waals surface area (Å²) in [6, 6.07) is 8.25. The van der Waals surface area contributed by atoms with Crippen molar-refractivity contribution in [2.24, 2.45) is 0 Å². The molecule has 2 rings (SSSR count). The normalized spacial score (nSPS) is 10.8. The molecule has 0 saturated heterocycles. The molecule has 1 aromatic heterocycles. The fourth-order valence-electron chi connectivity index (χ4n) is 2.17. The molecule has 0 unspecified atom stereocenters. The van der Waals surface area contributed by atoms with Crippen molar-refractivity contribution in [1.82, 2.24) is 5.32 Å². The summed E-state index contributed by atoms with van der Waals surface area (Å²) in [6.07, 6.45) is 7.13. The third kappa shape index (κ3) is 7.37. The van der Waals surface area contributed by atoms with Gasteiger partial charge in [-0.3, -0.25) is 9.59 Å². The smallest absolute Gasteiger partial charge is 0.330 e. The Labute approximate surface area is 167 Å². The molecule has 0 saturated carbocycles. The van der Waals surface area contributed by atoms with Gasteiger partial charge in [-0.25, -0.2) is 4.79 Å². The Kier molecular flexibility index (Phi) is 8.25. The highest BCUT2D eigenvalue weighted by Gasteiger charge is 2.11. The van der Waals surface area contributed by atoms with Crippen molar-refractivity contribution in [2.75, 3.05) is 20.8 Å². The van der Waals surface area contributed by atoms with Crippen LogP contribution in [0.1, 0.15) is 17.7 Å². The molecular weight excluding hydrogens is 378 g/mol. The number of furan rings is 1. The van der Waals surface area contributed by atoms with Gasteiger partial charge in [0, 0.05) is 18.7 Å². The van der Waals surface area contributed by atoms with Crippen LogP contribution >= 0.6 is 0 Å². The highest BCUT2D eigenvalue weighted by molar-refractivity contribution is 5.91. The average Bonchev–Trinajstić information content (AvgIpc) is 3.24. The summed E-state index contributed by atoms with van der Waals surface area (Å²) < 4.78 is 20.1. The molecule has 8 nitrogen and oxygen atoms in total. The highest BCUT2D eigenvalue weighted by Crippen LogP contribution is 2.28. The number of hydrogen-bond donors (Lipinski definition) is 1. The van der Waals surface area contributed by atoms with Crippen LogP contribution in [0.2, 0.25) is 0 Å². The minimum atomic E-state index is -0.531. The van der Waals surface area contributed by atoms with E-state index in [9.17, 15) is 14.4 Å². The Bertz CT molecular complexity index is 898. The lowest BCUT2D eigenvalue weighted by molar-refractivity contribution is -0.135. The van der Waals surface area contributed by atoms with E-state index in [0.717, 1.165) is 0 Å². The SMILES string of the molecule is COC(=O)/C=C/c1ccc(OC(=O)CCNC(=O)/C=C/c2ccco2)c(OC)c1. The van der Waals surface area contributed by atoms with Crippen LogP contribution in [-0.4, -0.2) is 38.6 Å². The van der Waals surface area contributed by atoms with Gasteiger partial charge in [-0.2, -0.15) is 0 Å². The molecule has 0 radical (unpaired) electrons. The van der Waals surface area contributed by atoms with Gasteiger partial charge >= 0.3 is 11.9 Å². The molecule has 152 valence electrons. The van der Waals surface area contributed by atoms with E-state index in [4.69, 9.17) is 13.9 Å². The molecule has 0 aliphatic rings. The highest BCUT2D eigenvalue weighted by atomic mass is 16.6. The first-order valence-corrected chi connectivity index (χ1v) is 8.66. The zero-order chi connectivity index (χ0) is 21.1. The fourth-order valence-corrected chi connectivity index (χ4v) is 2.17. The van der Waals surface area contributed by atoms with Gasteiger partial charge in [0.05, 0.1) is 26.9 Å². The minimum Gasteiger partial charge on any atom is -0.493 e.